The molecule has 0 heterocycles. The van der Waals surface area contributed by atoms with Crippen LogP contribution in [0.5, 0.6) is 0 Å². The van der Waals surface area contributed by atoms with Crippen LogP contribution in [-0.2, 0) is 9.59 Å². The molecule has 7 heteroatoms. The zero-order chi connectivity index (χ0) is 16.5. The summed E-state index contributed by atoms with van der Waals surface area (Å²) in [7, 11) is 0. The minimum atomic E-state index is -1.11. The summed E-state index contributed by atoms with van der Waals surface area (Å²) in [6.07, 6.45) is 0.153. The Labute approximate surface area is 129 Å². The van der Waals surface area contributed by atoms with E-state index in [2.05, 4.69) is 5.32 Å². The molecule has 0 radical (unpaired) electrons. The van der Waals surface area contributed by atoms with Crippen molar-refractivity contribution in [2.45, 2.75) is 25.8 Å². The summed E-state index contributed by atoms with van der Waals surface area (Å²) in [5.74, 6) is -1.38. The van der Waals surface area contributed by atoms with Gasteiger partial charge in [0.2, 0.25) is 5.91 Å². The molecule has 0 fully saturated rings. The molecular formula is C15H23N3O4. The third-order valence-electron chi connectivity index (χ3n) is 3.27. The first-order chi connectivity index (χ1) is 10.5. The summed E-state index contributed by atoms with van der Waals surface area (Å²) in [6, 6.07) is 6.23. The maximum atomic E-state index is 11.7. The van der Waals surface area contributed by atoms with Crippen LogP contribution in [0.25, 0.3) is 0 Å². The maximum absolute atomic E-state index is 11.7. The van der Waals surface area contributed by atoms with Gasteiger partial charge in [-0.2, -0.15) is 0 Å². The van der Waals surface area contributed by atoms with Crippen molar-refractivity contribution in [3.8, 4) is 0 Å². The predicted octanol–water partition coefficient (Wildman–Crippen LogP) is 0.636. The van der Waals surface area contributed by atoms with E-state index >= 15 is 0 Å². The zero-order valence-electron chi connectivity index (χ0n) is 12.7. The highest BCUT2D eigenvalue weighted by molar-refractivity contribution is 5.91. The van der Waals surface area contributed by atoms with Crippen molar-refractivity contribution in [3.05, 3.63) is 24.3 Å². The van der Waals surface area contributed by atoms with Crippen LogP contribution in [-0.4, -0.2) is 47.8 Å². The molecule has 1 rings (SSSR count). The minimum Gasteiger partial charge on any atom is -0.480 e. The highest BCUT2D eigenvalue weighted by Crippen LogP contribution is 2.18. The first-order valence-corrected chi connectivity index (χ1v) is 7.22. The van der Waals surface area contributed by atoms with E-state index in [1.165, 1.54) is 0 Å². The second-order valence-corrected chi connectivity index (χ2v) is 4.88. The molecule has 122 valence electrons. The molecule has 0 aliphatic carbocycles. The third kappa shape index (κ3) is 5.71. The molecule has 1 aromatic carbocycles. The first-order valence-electron chi connectivity index (χ1n) is 7.22. The van der Waals surface area contributed by atoms with Crippen LogP contribution in [0.15, 0.2) is 24.3 Å². The molecule has 1 atom stereocenters. The predicted molar refractivity (Wildman–Crippen MR) is 84.9 cm³/mol. The van der Waals surface area contributed by atoms with Gasteiger partial charge in [-0.3, -0.25) is 9.59 Å². The fraction of sp³-hybridized carbons (Fsp3) is 0.467. The Balaban J connectivity index is 2.53. The van der Waals surface area contributed by atoms with Crippen molar-refractivity contribution in [2.75, 3.05) is 29.9 Å². The van der Waals surface area contributed by atoms with Gasteiger partial charge >= 0.3 is 5.97 Å². The summed E-state index contributed by atoms with van der Waals surface area (Å²) in [6.45, 7) is 3.40. The van der Waals surface area contributed by atoms with E-state index in [0.29, 0.717) is 12.2 Å². The number of benzene rings is 1. The molecule has 0 saturated heterocycles. The van der Waals surface area contributed by atoms with Crippen molar-refractivity contribution in [3.63, 3.8) is 0 Å². The van der Waals surface area contributed by atoms with E-state index < -0.39 is 12.0 Å². The van der Waals surface area contributed by atoms with Crippen LogP contribution < -0.4 is 16.0 Å². The summed E-state index contributed by atoms with van der Waals surface area (Å²) in [5.41, 5.74) is 6.95. The lowest BCUT2D eigenvalue weighted by Crippen LogP contribution is -2.31. The quantitative estimate of drug-likeness (QED) is 0.532. The van der Waals surface area contributed by atoms with Gasteiger partial charge in [-0.15, -0.1) is 0 Å². The van der Waals surface area contributed by atoms with Gasteiger partial charge in [-0.1, -0.05) is 0 Å². The number of amides is 1. The molecular weight excluding hydrogens is 286 g/mol. The maximum Gasteiger partial charge on any atom is 0.320 e. The van der Waals surface area contributed by atoms with Crippen molar-refractivity contribution < 1.29 is 19.8 Å². The number of aliphatic hydroxyl groups excluding tert-OH is 1. The third-order valence-corrected chi connectivity index (χ3v) is 3.27. The number of carboxylic acids is 1. The molecule has 0 spiro atoms. The highest BCUT2D eigenvalue weighted by atomic mass is 16.4. The molecule has 0 bridgehead atoms. The molecule has 0 saturated carbocycles. The van der Waals surface area contributed by atoms with Gasteiger partial charge in [0, 0.05) is 30.9 Å². The lowest BCUT2D eigenvalue weighted by atomic mass is 10.1. The Kier molecular flexibility index (Phi) is 7.34. The number of nitrogens with zero attached hydrogens (tertiary/aromatic N) is 1. The van der Waals surface area contributed by atoms with E-state index in [1.807, 2.05) is 24.0 Å². The van der Waals surface area contributed by atoms with Crippen molar-refractivity contribution in [1.82, 2.24) is 0 Å². The van der Waals surface area contributed by atoms with E-state index in [9.17, 15) is 9.59 Å². The molecule has 22 heavy (non-hydrogen) atoms. The van der Waals surface area contributed by atoms with Crippen molar-refractivity contribution in [2.24, 2.45) is 5.73 Å². The number of nitrogens with two attached hydrogens (primary N) is 1. The van der Waals surface area contributed by atoms with Crippen LogP contribution in [0.1, 0.15) is 19.8 Å². The first kappa shape index (κ1) is 17.9. The van der Waals surface area contributed by atoms with Crippen molar-refractivity contribution in [1.29, 1.82) is 0 Å². The Bertz CT molecular complexity index is 490. The zero-order valence-corrected chi connectivity index (χ0v) is 12.7. The Morgan fingerprint density at radius 2 is 1.95 bits per heavy atom. The van der Waals surface area contributed by atoms with E-state index in [-0.39, 0.29) is 25.4 Å². The molecule has 1 aromatic rings. The van der Waals surface area contributed by atoms with Crippen LogP contribution in [0.4, 0.5) is 11.4 Å². The van der Waals surface area contributed by atoms with Gasteiger partial charge in [-0.25, -0.2) is 0 Å². The van der Waals surface area contributed by atoms with E-state index in [1.54, 1.807) is 12.1 Å². The molecule has 0 unspecified atom stereocenters. The molecule has 0 aromatic heterocycles. The number of hydrogen-bond acceptors (Lipinski definition) is 5. The molecule has 7 nitrogen and oxygen atoms in total. The normalized spacial score (nSPS) is 11.8. The number of anilines is 2. The summed E-state index contributed by atoms with van der Waals surface area (Å²) < 4.78 is 0. The van der Waals surface area contributed by atoms with Crippen LogP contribution >= 0.6 is 0 Å². The summed E-state index contributed by atoms with van der Waals surface area (Å²) in [5, 5.41) is 20.3. The summed E-state index contributed by atoms with van der Waals surface area (Å²) >= 11 is 0. The lowest BCUT2D eigenvalue weighted by Gasteiger charge is -2.22. The number of rotatable bonds is 9. The number of nitrogens with one attached hydrogen (secondary N) is 1. The van der Waals surface area contributed by atoms with Crippen LogP contribution in [0, 0.1) is 0 Å². The van der Waals surface area contributed by atoms with Gasteiger partial charge in [0.15, 0.2) is 0 Å². The Morgan fingerprint density at radius 1 is 1.32 bits per heavy atom. The van der Waals surface area contributed by atoms with Gasteiger partial charge in [0.05, 0.1) is 6.61 Å². The fourth-order valence-corrected chi connectivity index (χ4v) is 1.98. The molecule has 0 aliphatic rings. The average Bonchev–Trinajstić information content (AvgIpc) is 2.51. The fourth-order valence-electron chi connectivity index (χ4n) is 1.98. The molecule has 5 N–H and O–H groups in total. The van der Waals surface area contributed by atoms with E-state index in [0.717, 1.165) is 12.2 Å². The van der Waals surface area contributed by atoms with Gasteiger partial charge in [0.1, 0.15) is 6.04 Å². The second kappa shape index (κ2) is 9.01. The number of carbonyl (C=O) groups is 2. The largest absolute Gasteiger partial charge is 0.480 e. The highest BCUT2D eigenvalue weighted by Gasteiger charge is 2.13. The number of hydrogen-bond donors (Lipinski definition) is 4. The number of likely N-dealkylation sites (N-methyl/N-ethyl adjacent to an activating group) is 1. The Hall–Kier alpha value is -2.12. The Morgan fingerprint density at radius 3 is 2.45 bits per heavy atom. The van der Waals surface area contributed by atoms with Crippen molar-refractivity contribution >= 4 is 23.3 Å². The molecule has 0 aliphatic heterocycles. The average molecular weight is 309 g/mol. The topological polar surface area (TPSA) is 116 Å². The van der Waals surface area contributed by atoms with Crippen LogP contribution in [0.3, 0.4) is 0 Å². The standard InChI is InChI=1S/C15H23N3O4/c1-2-18(9-10-19)12-5-3-11(4-6-12)17-14(20)8-7-13(16)15(21)22/h3-6,13,19H,2,7-10,16H2,1H3,(H,17,20)(H,21,22)/t13-/m0/s1. The number of carbonyl (C=O) groups excluding carboxylic acids is 1. The lowest BCUT2D eigenvalue weighted by molar-refractivity contribution is -0.138. The number of aliphatic carboxylic acids is 1. The van der Waals surface area contributed by atoms with E-state index in [4.69, 9.17) is 15.9 Å². The van der Waals surface area contributed by atoms with Gasteiger partial charge in [0.25, 0.3) is 0 Å². The number of aliphatic hydroxyl groups is 1. The monoisotopic (exact) mass is 309 g/mol. The molecule has 1 amide bonds. The summed E-state index contributed by atoms with van der Waals surface area (Å²) in [4.78, 5) is 24.3. The second-order valence-electron chi connectivity index (χ2n) is 4.88. The smallest absolute Gasteiger partial charge is 0.320 e. The SMILES string of the molecule is CCN(CCO)c1ccc(NC(=O)CC[C@H](N)C(=O)O)cc1. The minimum absolute atomic E-state index is 0.0564. The van der Waals surface area contributed by atoms with Gasteiger partial charge < -0.3 is 26.2 Å². The van der Waals surface area contributed by atoms with Gasteiger partial charge in [-0.05, 0) is 37.6 Å². The van der Waals surface area contributed by atoms with Crippen LogP contribution in [0.2, 0.25) is 0 Å². The number of carboxylic acid groups (broad SMARTS) is 1.